The van der Waals surface area contributed by atoms with Crippen LogP contribution in [-0.4, -0.2) is 27.5 Å². The van der Waals surface area contributed by atoms with Crippen LogP contribution in [0.4, 0.5) is 0 Å². The number of allylic oxidation sites excluding steroid dienone is 1. The third kappa shape index (κ3) is 2.79. The molecular weight excluding hydrogens is 420 g/mol. The molecule has 0 radical (unpaired) electrons. The molecule has 0 aromatic carbocycles. The van der Waals surface area contributed by atoms with E-state index in [1.165, 1.54) is 5.57 Å². The van der Waals surface area contributed by atoms with E-state index in [1.54, 1.807) is 6.92 Å². The number of hydrogen-bond acceptors (Lipinski definition) is 3. The van der Waals surface area contributed by atoms with Crippen LogP contribution in [0.1, 0.15) is 65.7 Å². The quantitative estimate of drug-likeness (QED) is 0.626. The van der Waals surface area contributed by atoms with Gasteiger partial charge in [0.2, 0.25) is 0 Å². The number of hydrogen-bond donors (Lipinski definition) is 1. The number of aliphatic carboxylic acids is 1. The Hall–Kier alpha value is -0.970. The zero-order valence-electron chi connectivity index (χ0n) is 17.0. The maximum absolute atomic E-state index is 12.4. The minimum absolute atomic E-state index is 0.0226. The van der Waals surface area contributed by atoms with E-state index in [-0.39, 0.29) is 40.2 Å². The van der Waals surface area contributed by atoms with Crippen LogP contribution in [-0.2, 0) is 14.4 Å². The molecule has 0 bridgehead atoms. The van der Waals surface area contributed by atoms with Crippen LogP contribution in [0.15, 0.2) is 11.6 Å². The number of fused-ring (bicyclic) bond motifs is 5. The lowest BCUT2D eigenvalue weighted by atomic mass is 9.43. The molecule has 4 nitrogen and oxygen atoms in total. The average Bonchev–Trinajstić information content (AvgIpc) is 2.98. The summed E-state index contributed by atoms with van der Waals surface area (Å²) < 4.78 is 0. The van der Waals surface area contributed by atoms with Crippen LogP contribution in [0.2, 0.25) is 0 Å². The summed E-state index contributed by atoms with van der Waals surface area (Å²) in [6.07, 6.45) is 7.99. The number of carbonyl (C=O) groups excluding carboxylic acids is 2. The Bertz CT molecular complexity index is 758. The molecule has 3 saturated carbocycles. The van der Waals surface area contributed by atoms with E-state index in [0.29, 0.717) is 18.3 Å². The number of carboxylic acids is 1. The summed E-state index contributed by atoms with van der Waals surface area (Å²) in [6.45, 7) is 6.23. The van der Waals surface area contributed by atoms with E-state index >= 15 is 0 Å². The normalized spacial score (nSPS) is 46.1. The highest BCUT2D eigenvalue weighted by Gasteiger charge is 2.64. The van der Waals surface area contributed by atoms with E-state index in [9.17, 15) is 19.5 Å². The van der Waals surface area contributed by atoms with Crippen molar-refractivity contribution in [1.29, 1.82) is 0 Å². The van der Waals surface area contributed by atoms with E-state index in [1.807, 2.05) is 6.08 Å². The molecule has 0 aromatic heterocycles. The Labute approximate surface area is 175 Å². The average molecular weight is 451 g/mol. The Kier molecular flexibility index (Phi) is 4.92. The lowest BCUT2D eigenvalue weighted by molar-refractivity contribution is -0.145. The Morgan fingerprint density at radius 3 is 2.57 bits per heavy atom. The molecule has 0 amide bonds. The minimum atomic E-state index is -0.810. The molecule has 4 rings (SSSR count). The van der Waals surface area contributed by atoms with Gasteiger partial charge in [-0.3, -0.25) is 14.4 Å². The molecule has 0 spiro atoms. The molecule has 1 unspecified atom stereocenters. The van der Waals surface area contributed by atoms with Crippen molar-refractivity contribution in [3.05, 3.63) is 11.6 Å². The predicted molar refractivity (Wildman–Crippen MR) is 110 cm³/mol. The summed E-state index contributed by atoms with van der Waals surface area (Å²) in [7, 11) is 0. The molecule has 0 heterocycles. The third-order valence-electron chi connectivity index (χ3n) is 9.07. The van der Waals surface area contributed by atoms with Gasteiger partial charge in [0.05, 0.1) is 0 Å². The molecule has 4 aliphatic rings. The second kappa shape index (κ2) is 6.78. The van der Waals surface area contributed by atoms with Crippen molar-refractivity contribution in [2.75, 3.05) is 0 Å². The van der Waals surface area contributed by atoms with Crippen molar-refractivity contribution in [1.82, 2.24) is 0 Å². The molecule has 154 valence electrons. The third-order valence-corrected chi connectivity index (χ3v) is 10.1. The molecule has 0 saturated heterocycles. The van der Waals surface area contributed by atoms with Gasteiger partial charge in [-0.25, -0.2) is 0 Å². The number of alkyl halides is 1. The van der Waals surface area contributed by atoms with Crippen molar-refractivity contribution < 1.29 is 19.5 Å². The number of carbonyl (C=O) groups is 3. The summed E-state index contributed by atoms with van der Waals surface area (Å²) in [6, 6.07) is 0. The molecular formula is C23H31BrO4. The largest absolute Gasteiger partial charge is 0.480 e. The van der Waals surface area contributed by atoms with Crippen LogP contribution in [0, 0.1) is 40.4 Å². The molecule has 28 heavy (non-hydrogen) atoms. The Morgan fingerprint density at radius 2 is 1.93 bits per heavy atom. The van der Waals surface area contributed by atoms with Gasteiger partial charge < -0.3 is 5.11 Å². The van der Waals surface area contributed by atoms with Gasteiger partial charge in [0.1, 0.15) is 10.6 Å². The smallest absolute Gasteiger partial charge is 0.317 e. The SMILES string of the molecule is CC(=O)[C@H]1CC[C@H]2[C@@H]3CCC4=CC(=O)CC[C@]4(C)[C@H]3[C@@H](C(Br)C(=O)O)C[C@]12C. The Balaban J connectivity index is 1.81. The first-order valence-electron chi connectivity index (χ1n) is 10.7. The molecule has 4 aliphatic carbocycles. The maximum Gasteiger partial charge on any atom is 0.317 e. The first-order chi connectivity index (χ1) is 13.1. The van der Waals surface area contributed by atoms with Crippen LogP contribution in [0.3, 0.4) is 0 Å². The van der Waals surface area contributed by atoms with Gasteiger partial charge in [-0.2, -0.15) is 0 Å². The van der Waals surface area contributed by atoms with Crippen LogP contribution < -0.4 is 0 Å². The highest BCUT2D eigenvalue weighted by atomic mass is 79.9. The first kappa shape index (κ1) is 20.3. The van der Waals surface area contributed by atoms with Gasteiger partial charge in [-0.15, -0.1) is 0 Å². The topological polar surface area (TPSA) is 71.4 Å². The number of carboxylic acid groups (broad SMARTS) is 1. The van der Waals surface area contributed by atoms with Crippen molar-refractivity contribution in [3.8, 4) is 0 Å². The molecule has 1 N–H and O–H groups in total. The fourth-order valence-electron chi connectivity index (χ4n) is 7.96. The van der Waals surface area contributed by atoms with Gasteiger partial charge in [0.25, 0.3) is 0 Å². The second-order valence-electron chi connectivity index (χ2n) is 10.2. The number of rotatable bonds is 3. The summed E-state index contributed by atoms with van der Waals surface area (Å²) >= 11 is 3.53. The standard InChI is InChI=1S/C23H31BrO4/c1-12(25)17-6-7-18-15-5-4-13-10-14(26)8-9-22(13,2)19(15)16(11-23(17,18)3)20(24)21(27)28/h10,15-20H,4-9,11H2,1-3H3,(H,27,28)/t15-,16-,17+,18-,19+,20?,22-,23+/m0/s1. The Morgan fingerprint density at radius 1 is 1.21 bits per heavy atom. The fraction of sp³-hybridized carbons (Fsp3) is 0.783. The monoisotopic (exact) mass is 450 g/mol. The molecule has 0 aliphatic heterocycles. The van der Waals surface area contributed by atoms with Gasteiger partial charge in [0, 0.05) is 12.3 Å². The molecule has 0 aromatic rings. The van der Waals surface area contributed by atoms with Crippen molar-refractivity contribution in [2.45, 2.75) is 70.5 Å². The van der Waals surface area contributed by atoms with E-state index in [4.69, 9.17) is 0 Å². The van der Waals surface area contributed by atoms with E-state index in [2.05, 4.69) is 29.8 Å². The zero-order chi connectivity index (χ0) is 20.4. The zero-order valence-corrected chi connectivity index (χ0v) is 18.6. The molecule has 3 fully saturated rings. The highest BCUT2D eigenvalue weighted by molar-refractivity contribution is 9.10. The lowest BCUT2D eigenvalue weighted by Gasteiger charge is -2.61. The van der Waals surface area contributed by atoms with Gasteiger partial charge >= 0.3 is 5.97 Å². The first-order valence-corrected chi connectivity index (χ1v) is 11.6. The molecule has 8 atom stereocenters. The van der Waals surface area contributed by atoms with Crippen molar-refractivity contribution in [3.63, 3.8) is 0 Å². The van der Waals surface area contributed by atoms with Gasteiger partial charge in [0.15, 0.2) is 5.78 Å². The van der Waals surface area contributed by atoms with Gasteiger partial charge in [-0.05, 0) is 86.0 Å². The van der Waals surface area contributed by atoms with E-state index < -0.39 is 10.8 Å². The number of ketones is 2. The summed E-state index contributed by atoms with van der Waals surface area (Å²) in [5, 5.41) is 9.86. The summed E-state index contributed by atoms with van der Waals surface area (Å²) in [5.74, 6) is 0.858. The fourth-order valence-corrected chi connectivity index (χ4v) is 8.48. The van der Waals surface area contributed by atoms with Crippen LogP contribution in [0.5, 0.6) is 0 Å². The second-order valence-corrected chi connectivity index (χ2v) is 11.2. The maximum atomic E-state index is 12.4. The van der Waals surface area contributed by atoms with Crippen molar-refractivity contribution in [2.24, 2.45) is 40.4 Å². The minimum Gasteiger partial charge on any atom is -0.480 e. The number of halogens is 1. The van der Waals surface area contributed by atoms with Crippen molar-refractivity contribution >= 4 is 33.5 Å². The predicted octanol–water partition coefficient (Wildman–Crippen LogP) is 4.80. The summed E-state index contributed by atoms with van der Waals surface area (Å²) in [4.78, 5) is 35.9. The number of Topliss-reactive ketones (excluding diaryl/α,β-unsaturated/α-hetero) is 1. The summed E-state index contributed by atoms with van der Waals surface area (Å²) in [5.41, 5.74) is 1.03. The molecule has 5 heteroatoms. The van der Waals surface area contributed by atoms with E-state index in [0.717, 1.165) is 38.5 Å². The lowest BCUT2D eigenvalue weighted by Crippen LogP contribution is -2.57. The van der Waals surface area contributed by atoms with Crippen LogP contribution in [0.25, 0.3) is 0 Å². The van der Waals surface area contributed by atoms with Crippen LogP contribution >= 0.6 is 15.9 Å². The highest BCUT2D eigenvalue weighted by Crippen LogP contribution is 2.69. The van der Waals surface area contributed by atoms with Gasteiger partial charge in [-0.1, -0.05) is 35.4 Å².